The van der Waals surface area contributed by atoms with Crippen LogP contribution in [0.1, 0.15) is 44.2 Å². The highest BCUT2D eigenvalue weighted by Gasteiger charge is 2.48. The van der Waals surface area contributed by atoms with E-state index in [2.05, 4.69) is 34.9 Å². The molecule has 1 fully saturated rings. The number of hydrogen-bond donors (Lipinski definition) is 3. The smallest absolute Gasteiger partial charge is 0.407 e. The largest absolute Gasteiger partial charge is 0.481 e. The molecule has 2 aromatic carbocycles. The van der Waals surface area contributed by atoms with E-state index in [0.29, 0.717) is 6.42 Å². The Morgan fingerprint density at radius 1 is 1.11 bits per heavy atom. The second-order valence-corrected chi connectivity index (χ2v) is 9.86. The molecule has 2 aromatic rings. The van der Waals surface area contributed by atoms with Crippen molar-refractivity contribution >= 4 is 18.0 Å². The van der Waals surface area contributed by atoms with Gasteiger partial charge in [-0.05, 0) is 42.5 Å². The normalized spacial score (nSPS) is 22.5. The predicted molar refractivity (Wildman–Crippen MR) is 130 cm³/mol. The standard InChI is InChI=1S/C27H32N2O6/c1-4-26(2,23(30)29-22-14-34-16-27(22,3)24(31)32)15-28-25(33)35-13-21-19-11-7-5-9-17(19)18-10-6-8-12-20(18)21/h5-12,21-22H,4,13-16H2,1-3H3,(H,28,33)(H,29,30)(H,31,32). The fraction of sp³-hybridized carbons (Fsp3) is 0.444. The number of nitrogens with one attached hydrogen (secondary N) is 2. The van der Waals surface area contributed by atoms with Crippen molar-refractivity contribution < 1.29 is 29.0 Å². The van der Waals surface area contributed by atoms with E-state index < -0.39 is 28.9 Å². The summed E-state index contributed by atoms with van der Waals surface area (Å²) in [5.74, 6) is -1.40. The summed E-state index contributed by atoms with van der Waals surface area (Å²) in [5, 5.41) is 15.1. The zero-order valence-electron chi connectivity index (χ0n) is 20.3. The van der Waals surface area contributed by atoms with Crippen LogP contribution in [0.4, 0.5) is 4.79 Å². The van der Waals surface area contributed by atoms with Crippen molar-refractivity contribution in [3.8, 4) is 11.1 Å². The molecule has 35 heavy (non-hydrogen) atoms. The van der Waals surface area contributed by atoms with Crippen molar-refractivity contribution in [2.45, 2.75) is 39.2 Å². The Kier molecular flexibility index (Phi) is 6.85. The zero-order chi connectivity index (χ0) is 25.2. The van der Waals surface area contributed by atoms with Crippen LogP contribution in [0.25, 0.3) is 11.1 Å². The van der Waals surface area contributed by atoms with Gasteiger partial charge in [0, 0.05) is 12.5 Å². The van der Waals surface area contributed by atoms with Crippen molar-refractivity contribution in [1.29, 1.82) is 0 Å². The average molecular weight is 481 g/mol. The van der Waals surface area contributed by atoms with E-state index in [-0.39, 0.29) is 38.2 Å². The number of carbonyl (C=O) groups excluding carboxylic acids is 2. The number of ether oxygens (including phenoxy) is 2. The highest BCUT2D eigenvalue weighted by molar-refractivity contribution is 5.85. The minimum absolute atomic E-state index is 0.0358. The van der Waals surface area contributed by atoms with E-state index in [1.807, 2.05) is 31.2 Å². The third-order valence-corrected chi connectivity index (χ3v) is 7.54. The van der Waals surface area contributed by atoms with Gasteiger partial charge in [-0.3, -0.25) is 9.59 Å². The van der Waals surface area contributed by atoms with Gasteiger partial charge in [-0.1, -0.05) is 55.5 Å². The maximum Gasteiger partial charge on any atom is 0.407 e. The van der Waals surface area contributed by atoms with Crippen LogP contribution in [0.2, 0.25) is 0 Å². The molecule has 186 valence electrons. The minimum Gasteiger partial charge on any atom is -0.481 e. The van der Waals surface area contributed by atoms with Crippen molar-refractivity contribution in [3.63, 3.8) is 0 Å². The number of carboxylic acids is 1. The molecule has 1 aliphatic carbocycles. The number of amides is 2. The number of carboxylic acid groups (broad SMARTS) is 1. The van der Waals surface area contributed by atoms with Crippen LogP contribution >= 0.6 is 0 Å². The Balaban J connectivity index is 1.35. The Morgan fingerprint density at radius 2 is 1.71 bits per heavy atom. The Labute approximate surface area is 205 Å². The van der Waals surface area contributed by atoms with E-state index in [4.69, 9.17) is 9.47 Å². The Bertz CT molecular complexity index is 1090. The molecule has 3 unspecified atom stereocenters. The summed E-state index contributed by atoms with van der Waals surface area (Å²) in [6.07, 6.45) is -0.154. The molecule has 2 aliphatic rings. The summed E-state index contributed by atoms with van der Waals surface area (Å²) >= 11 is 0. The van der Waals surface area contributed by atoms with Gasteiger partial charge >= 0.3 is 12.1 Å². The van der Waals surface area contributed by atoms with Crippen LogP contribution in [0.3, 0.4) is 0 Å². The second kappa shape index (κ2) is 9.70. The van der Waals surface area contributed by atoms with Gasteiger partial charge in [-0.25, -0.2) is 4.79 Å². The number of aliphatic carboxylic acids is 1. The minimum atomic E-state index is -1.19. The topological polar surface area (TPSA) is 114 Å². The predicted octanol–water partition coefficient (Wildman–Crippen LogP) is 3.55. The lowest BCUT2D eigenvalue weighted by Crippen LogP contribution is -2.55. The summed E-state index contributed by atoms with van der Waals surface area (Å²) in [6.45, 7) is 5.56. The molecule has 1 aliphatic heterocycles. The molecule has 0 spiro atoms. The van der Waals surface area contributed by atoms with E-state index >= 15 is 0 Å². The van der Waals surface area contributed by atoms with Crippen LogP contribution < -0.4 is 10.6 Å². The molecular weight excluding hydrogens is 448 g/mol. The lowest BCUT2D eigenvalue weighted by Gasteiger charge is -2.32. The summed E-state index contributed by atoms with van der Waals surface area (Å²) in [7, 11) is 0. The summed E-state index contributed by atoms with van der Waals surface area (Å²) in [6, 6.07) is 15.6. The third-order valence-electron chi connectivity index (χ3n) is 7.54. The molecule has 8 nitrogen and oxygen atoms in total. The molecular formula is C27H32N2O6. The Morgan fingerprint density at radius 3 is 2.29 bits per heavy atom. The van der Waals surface area contributed by atoms with Crippen molar-refractivity contribution in [2.24, 2.45) is 10.8 Å². The molecule has 2 amide bonds. The molecule has 1 saturated heterocycles. The lowest BCUT2D eigenvalue weighted by atomic mass is 9.82. The SMILES string of the molecule is CCC(C)(CNC(=O)OCC1c2ccccc2-c2ccccc21)C(=O)NC1COCC1(C)C(=O)O. The quantitative estimate of drug-likeness (QED) is 0.533. The first-order chi connectivity index (χ1) is 16.7. The molecule has 4 rings (SSSR count). The van der Waals surface area contributed by atoms with E-state index in [1.54, 1.807) is 13.8 Å². The summed E-state index contributed by atoms with van der Waals surface area (Å²) < 4.78 is 10.9. The fourth-order valence-corrected chi connectivity index (χ4v) is 4.70. The second-order valence-electron chi connectivity index (χ2n) is 9.86. The number of hydrogen-bond acceptors (Lipinski definition) is 5. The fourth-order valence-electron chi connectivity index (χ4n) is 4.70. The first-order valence-corrected chi connectivity index (χ1v) is 11.9. The van der Waals surface area contributed by atoms with Crippen molar-refractivity contribution in [3.05, 3.63) is 59.7 Å². The highest BCUT2D eigenvalue weighted by Crippen LogP contribution is 2.44. The van der Waals surface area contributed by atoms with E-state index in [1.165, 1.54) is 0 Å². The number of benzene rings is 2. The summed E-state index contributed by atoms with van der Waals surface area (Å²) in [4.78, 5) is 37.3. The van der Waals surface area contributed by atoms with Crippen LogP contribution in [0, 0.1) is 10.8 Å². The molecule has 0 bridgehead atoms. The first kappa shape index (κ1) is 24.7. The molecule has 0 saturated carbocycles. The maximum atomic E-state index is 13.1. The molecule has 3 atom stereocenters. The molecule has 0 aromatic heterocycles. The first-order valence-electron chi connectivity index (χ1n) is 11.9. The molecule has 1 heterocycles. The van der Waals surface area contributed by atoms with Gasteiger partial charge in [0.15, 0.2) is 0 Å². The van der Waals surface area contributed by atoms with Gasteiger partial charge in [-0.2, -0.15) is 0 Å². The van der Waals surface area contributed by atoms with Gasteiger partial charge in [0.2, 0.25) is 5.91 Å². The van der Waals surface area contributed by atoms with Crippen LogP contribution in [0.15, 0.2) is 48.5 Å². The van der Waals surface area contributed by atoms with E-state index in [0.717, 1.165) is 22.3 Å². The van der Waals surface area contributed by atoms with Gasteiger partial charge in [0.1, 0.15) is 12.0 Å². The Hall–Kier alpha value is -3.39. The van der Waals surface area contributed by atoms with Gasteiger partial charge in [0.25, 0.3) is 0 Å². The zero-order valence-corrected chi connectivity index (χ0v) is 20.3. The van der Waals surface area contributed by atoms with Gasteiger partial charge in [-0.15, -0.1) is 0 Å². The number of rotatable bonds is 8. The highest BCUT2D eigenvalue weighted by atomic mass is 16.5. The number of fused-ring (bicyclic) bond motifs is 3. The van der Waals surface area contributed by atoms with Crippen molar-refractivity contribution in [2.75, 3.05) is 26.4 Å². The lowest BCUT2D eigenvalue weighted by molar-refractivity contribution is -0.149. The molecule has 3 N–H and O–H groups in total. The number of carbonyl (C=O) groups is 3. The van der Waals surface area contributed by atoms with Crippen LogP contribution in [-0.2, 0) is 19.1 Å². The van der Waals surface area contributed by atoms with Crippen LogP contribution in [0.5, 0.6) is 0 Å². The van der Waals surface area contributed by atoms with Crippen molar-refractivity contribution in [1.82, 2.24) is 10.6 Å². The van der Waals surface area contributed by atoms with Gasteiger partial charge in [0.05, 0.1) is 24.7 Å². The van der Waals surface area contributed by atoms with Gasteiger partial charge < -0.3 is 25.2 Å². The maximum absolute atomic E-state index is 13.1. The van der Waals surface area contributed by atoms with E-state index in [9.17, 15) is 19.5 Å². The molecule has 8 heteroatoms. The monoisotopic (exact) mass is 480 g/mol. The summed E-state index contributed by atoms with van der Waals surface area (Å²) in [5.41, 5.74) is 2.42. The van der Waals surface area contributed by atoms with Crippen LogP contribution in [-0.4, -0.2) is 55.5 Å². The number of alkyl carbamates (subject to hydrolysis) is 1. The molecule has 0 radical (unpaired) electrons. The third kappa shape index (κ3) is 4.62. The average Bonchev–Trinajstić information content (AvgIpc) is 3.39.